The average molecular weight is 255 g/mol. The van der Waals surface area contributed by atoms with E-state index in [0.717, 1.165) is 25.8 Å². The van der Waals surface area contributed by atoms with Crippen LogP contribution < -0.4 is 10.6 Å². The van der Waals surface area contributed by atoms with Gasteiger partial charge in [0.1, 0.15) is 0 Å². The molecule has 0 radical (unpaired) electrons. The molecular formula is C13H25N3O2. The van der Waals surface area contributed by atoms with Gasteiger partial charge in [-0.15, -0.1) is 0 Å². The Labute approximate surface area is 109 Å². The van der Waals surface area contributed by atoms with Crippen LogP contribution in [0.2, 0.25) is 0 Å². The molecule has 1 unspecified atom stereocenters. The van der Waals surface area contributed by atoms with E-state index in [4.69, 9.17) is 0 Å². The molecule has 5 nitrogen and oxygen atoms in total. The number of rotatable bonds is 6. The minimum absolute atomic E-state index is 0.0161. The van der Waals surface area contributed by atoms with Gasteiger partial charge in [-0.05, 0) is 39.7 Å². The van der Waals surface area contributed by atoms with E-state index in [-0.39, 0.29) is 18.4 Å². The second kappa shape index (κ2) is 6.73. The Morgan fingerprint density at radius 1 is 1.28 bits per heavy atom. The van der Waals surface area contributed by atoms with Crippen molar-refractivity contribution in [2.75, 3.05) is 26.2 Å². The summed E-state index contributed by atoms with van der Waals surface area (Å²) in [5.41, 5.74) is -0.455. The standard InChI is InChI=1S/C13H25N3O2/c1-4-13(8-7-9-15-13)12(18)14-10-11(17)16(5-2)6-3/h15H,4-10H2,1-3H3,(H,14,18). The van der Waals surface area contributed by atoms with Crippen molar-refractivity contribution in [1.29, 1.82) is 0 Å². The van der Waals surface area contributed by atoms with E-state index in [1.807, 2.05) is 20.8 Å². The van der Waals surface area contributed by atoms with Crippen LogP contribution in [0.3, 0.4) is 0 Å². The molecule has 1 atom stereocenters. The third kappa shape index (κ3) is 3.22. The summed E-state index contributed by atoms with van der Waals surface area (Å²) in [6, 6.07) is 0. The van der Waals surface area contributed by atoms with Gasteiger partial charge < -0.3 is 15.5 Å². The molecule has 0 aromatic heterocycles. The fourth-order valence-electron chi connectivity index (χ4n) is 2.48. The molecule has 1 heterocycles. The second-order valence-electron chi connectivity index (χ2n) is 4.71. The van der Waals surface area contributed by atoms with Gasteiger partial charge in [-0.25, -0.2) is 0 Å². The summed E-state index contributed by atoms with van der Waals surface area (Å²) in [7, 11) is 0. The smallest absolute Gasteiger partial charge is 0.241 e. The number of hydrogen-bond acceptors (Lipinski definition) is 3. The number of nitrogens with zero attached hydrogens (tertiary/aromatic N) is 1. The second-order valence-corrected chi connectivity index (χ2v) is 4.71. The third-order valence-electron chi connectivity index (χ3n) is 3.80. The molecule has 0 saturated carbocycles. The van der Waals surface area contributed by atoms with Gasteiger partial charge >= 0.3 is 0 Å². The van der Waals surface area contributed by atoms with Crippen molar-refractivity contribution in [3.63, 3.8) is 0 Å². The SMILES string of the molecule is CCN(CC)C(=O)CNC(=O)C1(CC)CCCN1. The minimum atomic E-state index is -0.455. The normalized spacial score (nSPS) is 22.8. The quantitative estimate of drug-likeness (QED) is 0.726. The van der Waals surface area contributed by atoms with E-state index in [9.17, 15) is 9.59 Å². The van der Waals surface area contributed by atoms with Gasteiger partial charge in [0.2, 0.25) is 11.8 Å². The maximum absolute atomic E-state index is 12.2. The molecule has 0 bridgehead atoms. The largest absolute Gasteiger partial charge is 0.345 e. The molecular weight excluding hydrogens is 230 g/mol. The molecule has 1 aliphatic rings. The third-order valence-corrected chi connectivity index (χ3v) is 3.80. The molecule has 1 aliphatic heterocycles. The van der Waals surface area contributed by atoms with Crippen LogP contribution in [0.25, 0.3) is 0 Å². The van der Waals surface area contributed by atoms with Gasteiger partial charge in [0.15, 0.2) is 0 Å². The first-order valence-corrected chi connectivity index (χ1v) is 6.90. The first-order chi connectivity index (χ1) is 8.59. The minimum Gasteiger partial charge on any atom is -0.345 e. The molecule has 18 heavy (non-hydrogen) atoms. The van der Waals surface area contributed by atoms with Crippen molar-refractivity contribution in [3.05, 3.63) is 0 Å². The van der Waals surface area contributed by atoms with Gasteiger partial charge in [-0.2, -0.15) is 0 Å². The van der Waals surface area contributed by atoms with Crippen LogP contribution >= 0.6 is 0 Å². The highest BCUT2D eigenvalue weighted by atomic mass is 16.2. The lowest BCUT2D eigenvalue weighted by Gasteiger charge is -2.27. The molecule has 0 aromatic carbocycles. The first kappa shape index (κ1) is 15.0. The van der Waals surface area contributed by atoms with E-state index >= 15 is 0 Å². The summed E-state index contributed by atoms with van der Waals surface area (Å²) in [5, 5.41) is 6.04. The highest BCUT2D eigenvalue weighted by Crippen LogP contribution is 2.22. The molecule has 2 N–H and O–H groups in total. The van der Waals surface area contributed by atoms with E-state index in [2.05, 4.69) is 10.6 Å². The van der Waals surface area contributed by atoms with Gasteiger partial charge in [0.05, 0.1) is 12.1 Å². The van der Waals surface area contributed by atoms with Crippen LogP contribution in [0.1, 0.15) is 40.0 Å². The van der Waals surface area contributed by atoms with Gasteiger partial charge in [0.25, 0.3) is 0 Å². The molecule has 1 fully saturated rings. The predicted octanol–water partition coefficient (Wildman–Crippen LogP) is 0.503. The van der Waals surface area contributed by atoms with Crippen LogP contribution in [0.4, 0.5) is 0 Å². The van der Waals surface area contributed by atoms with Crippen LogP contribution in [-0.4, -0.2) is 48.4 Å². The summed E-state index contributed by atoms with van der Waals surface area (Å²) in [5.74, 6) is -0.0550. The van der Waals surface area contributed by atoms with Crippen molar-refractivity contribution in [1.82, 2.24) is 15.5 Å². The van der Waals surface area contributed by atoms with Crippen molar-refractivity contribution in [2.24, 2.45) is 0 Å². The predicted molar refractivity (Wildman–Crippen MR) is 71.2 cm³/mol. The number of likely N-dealkylation sites (N-methyl/N-ethyl adjacent to an activating group) is 1. The zero-order valence-corrected chi connectivity index (χ0v) is 11.7. The molecule has 104 valence electrons. The molecule has 0 aliphatic carbocycles. The highest BCUT2D eigenvalue weighted by Gasteiger charge is 2.39. The Morgan fingerprint density at radius 2 is 1.94 bits per heavy atom. The number of amides is 2. The summed E-state index contributed by atoms with van der Waals surface area (Å²) < 4.78 is 0. The molecule has 0 aromatic rings. The fourth-order valence-corrected chi connectivity index (χ4v) is 2.48. The molecule has 2 amide bonds. The number of nitrogens with one attached hydrogen (secondary N) is 2. The van der Waals surface area contributed by atoms with Crippen LogP contribution in [0, 0.1) is 0 Å². The number of hydrogen-bond donors (Lipinski definition) is 2. The van der Waals surface area contributed by atoms with E-state index in [1.54, 1.807) is 4.90 Å². The molecule has 1 rings (SSSR count). The summed E-state index contributed by atoms with van der Waals surface area (Å²) >= 11 is 0. The topological polar surface area (TPSA) is 61.4 Å². The Bertz CT molecular complexity index is 295. The zero-order valence-electron chi connectivity index (χ0n) is 11.7. The molecule has 0 spiro atoms. The van der Waals surface area contributed by atoms with Crippen molar-refractivity contribution in [2.45, 2.75) is 45.6 Å². The van der Waals surface area contributed by atoms with Crippen molar-refractivity contribution >= 4 is 11.8 Å². The monoisotopic (exact) mass is 255 g/mol. The Kier molecular flexibility index (Phi) is 5.59. The zero-order chi connectivity index (χ0) is 13.6. The maximum Gasteiger partial charge on any atom is 0.241 e. The summed E-state index contributed by atoms with van der Waals surface area (Å²) in [6.07, 6.45) is 2.64. The molecule has 1 saturated heterocycles. The lowest BCUT2D eigenvalue weighted by atomic mass is 9.93. The van der Waals surface area contributed by atoms with Gasteiger partial charge in [-0.1, -0.05) is 6.92 Å². The average Bonchev–Trinajstić information content (AvgIpc) is 2.87. The van der Waals surface area contributed by atoms with E-state index in [0.29, 0.717) is 13.1 Å². The van der Waals surface area contributed by atoms with Crippen LogP contribution in [-0.2, 0) is 9.59 Å². The van der Waals surface area contributed by atoms with E-state index < -0.39 is 5.54 Å². The fraction of sp³-hybridized carbons (Fsp3) is 0.846. The summed E-state index contributed by atoms with van der Waals surface area (Å²) in [4.78, 5) is 25.7. The van der Waals surface area contributed by atoms with Crippen molar-refractivity contribution < 1.29 is 9.59 Å². The maximum atomic E-state index is 12.2. The highest BCUT2D eigenvalue weighted by molar-refractivity contribution is 5.90. The van der Waals surface area contributed by atoms with Gasteiger partial charge in [0, 0.05) is 13.1 Å². The van der Waals surface area contributed by atoms with E-state index in [1.165, 1.54) is 0 Å². The van der Waals surface area contributed by atoms with Crippen LogP contribution in [0.5, 0.6) is 0 Å². The summed E-state index contributed by atoms with van der Waals surface area (Å²) in [6.45, 7) is 8.23. The Balaban J connectivity index is 2.47. The first-order valence-electron chi connectivity index (χ1n) is 6.90. The number of carbonyl (C=O) groups excluding carboxylic acids is 2. The lowest BCUT2D eigenvalue weighted by Crippen LogP contribution is -2.54. The van der Waals surface area contributed by atoms with Gasteiger partial charge in [-0.3, -0.25) is 9.59 Å². The lowest BCUT2D eigenvalue weighted by molar-refractivity contribution is -0.134. The Morgan fingerprint density at radius 3 is 2.39 bits per heavy atom. The van der Waals surface area contributed by atoms with Crippen LogP contribution in [0.15, 0.2) is 0 Å². The number of carbonyl (C=O) groups is 2. The molecule has 5 heteroatoms. The van der Waals surface area contributed by atoms with Crippen molar-refractivity contribution in [3.8, 4) is 0 Å². The Hall–Kier alpha value is -1.10.